The molecule has 5 heteroatoms. The summed E-state index contributed by atoms with van der Waals surface area (Å²) in [4.78, 5) is 0. The van der Waals surface area contributed by atoms with Gasteiger partial charge in [-0.15, -0.1) is 0 Å². The first kappa shape index (κ1) is 16.0. The summed E-state index contributed by atoms with van der Waals surface area (Å²) >= 11 is 0. The molecule has 0 aliphatic rings. The van der Waals surface area contributed by atoms with E-state index in [9.17, 15) is 13.2 Å². The molecule has 0 aliphatic heterocycles. The van der Waals surface area contributed by atoms with Crippen LogP contribution >= 0.6 is 0 Å². The van der Waals surface area contributed by atoms with Crippen molar-refractivity contribution in [2.75, 3.05) is 6.54 Å². The molecule has 0 heterocycles. The fourth-order valence-corrected chi connectivity index (χ4v) is 1.84. The topological polar surface area (TPSA) is 32.3 Å². The van der Waals surface area contributed by atoms with Gasteiger partial charge in [-0.05, 0) is 24.1 Å². The van der Waals surface area contributed by atoms with Crippen molar-refractivity contribution in [3.63, 3.8) is 0 Å². The average Bonchev–Trinajstić information content (AvgIpc) is 2.39. The number of rotatable bonds is 8. The largest absolute Gasteiger partial charge is 0.386 e. The molecule has 1 rings (SSSR count). The molecule has 2 N–H and O–H groups in total. The standard InChI is InChI=1S/C14H20F3NO/c1-2-3-4-12(18-9-13(19)14(16)17)10-5-7-11(15)8-6-10/h5-8,12-14,18-19H,2-4,9H2,1H3. The second-order valence-electron chi connectivity index (χ2n) is 4.56. The summed E-state index contributed by atoms with van der Waals surface area (Å²) in [5.74, 6) is -0.328. The first-order chi connectivity index (χ1) is 9.04. The lowest BCUT2D eigenvalue weighted by Crippen LogP contribution is -2.34. The Hall–Kier alpha value is -1.07. The Morgan fingerprint density at radius 2 is 1.84 bits per heavy atom. The van der Waals surface area contributed by atoms with Crippen LogP contribution in [-0.4, -0.2) is 24.2 Å². The Kier molecular flexibility index (Phi) is 6.87. The van der Waals surface area contributed by atoms with E-state index in [-0.39, 0.29) is 18.4 Å². The molecular weight excluding hydrogens is 255 g/mol. The van der Waals surface area contributed by atoms with Crippen LogP contribution < -0.4 is 5.32 Å². The number of aliphatic hydroxyl groups excluding tert-OH is 1. The Morgan fingerprint density at radius 3 is 2.37 bits per heavy atom. The van der Waals surface area contributed by atoms with Gasteiger partial charge in [0.1, 0.15) is 11.9 Å². The second kappa shape index (κ2) is 8.17. The molecule has 0 saturated heterocycles. The van der Waals surface area contributed by atoms with Crippen molar-refractivity contribution in [3.05, 3.63) is 35.6 Å². The van der Waals surface area contributed by atoms with E-state index in [1.165, 1.54) is 12.1 Å². The van der Waals surface area contributed by atoms with Crippen molar-refractivity contribution in [1.29, 1.82) is 0 Å². The molecule has 0 bridgehead atoms. The fraction of sp³-hybridized carbons (Fsp3) is 0.571. The number of halogens is 3. The van der Waals surface area contributed by atoms with Crippen molar-refractivity contribution >= 4 is 0 Å². The lowest BCUT2D eigenvalue weighted by molar-refractivity contribution is -0.00481. The van der Waals surface area contributed by atoms with E-state index >= 15 is 0 Å². The van der Waals surface area contributed by atoms with Crippen LogP contribution in [0.3, 0.4) is 0 Å². The van der Waals surface area contributed by atoms with Gasteiger partial charge in [-0.2, -0.15) is 0 Å². The zero-order valence-electron chi connectivity index (χ0n) is 11.0. The van der Waals surface area contributed by atoms with E-state index in [1.54, 1.807) is 12.1 Å². The third kappa shape index (κ3) is 5.61. The molecular formula is C14H20F3NO. The van der Waals surface area contributed by atoms with Crippen molar-refractivity contribution in [3.8, 4) is 0 Å². The van der Waals surface area contributed by atoms with Crippen LogP contribution in [0.15, 0.2) is 24.3 Å². The quantitative estimate of drug-likeness (QED) is 0.763. The lowest BCUT2D eigenvalue weighted by atomic mass is 10.0. The van der Waals surface area contributed by atoms with Gasteiger partial charge in [-0.25, -0.2) is 13.2 Å². The van der Waals surface area contributed by atoms with Gasteiger partial charge in [0, 0.05) is 12.6 Å². The van der Waals surface area contributed by atoms with Crippen LogP contribution in [0.5, 0.6) is 0 Å². The molecule has 2 unspecified atom stereocenters. The predicted octanol–water partition coefficient (Wildman–Crippen LogP) is 3.27. The summed E-state index contributed by atoms with van der Waals surface area (Å²) < 4.78 is 37.4. The van der Waals surface area contributed by atoms with E-state index < -0.39 is 12.5 Å². The highest BCUT2D eigenvalue weighted by Gasteiger charge is 2.19. The first-order valence-electron chi connectivity index (χ1n) is 6.49. The summed E-state index contributed by atoms with van der Waals surface area (Å²) in [7, 11) is 0. The van der Waals surface area contributed by atoms with Crippen molar-refractivity contribution in [2.45, 2.75) is 44.8 Å². The van der Waals surface area contributed by atoms with Crippen LogP contribution in [0.25, 0.3) is 0 Å². The van der Waals surface area contributed by atoms with Crippen molar-refractivity contribution in [1.82, 2.24) is 5.32 Å². The molecule has 0 aliphatic carbocycles. The van der Waals surface area contributed by atoms with Crippen molar-refractivity contribution < 1.29 is 18.3 Å². The SMILES string of the molecule is CCCCC(NCC(O)C(F)F)c1ccc(F)cc1. The van der Waals surface area contributed by atoms with E-state index in [2.05, 4.69) is 5.32 Å². The minimum atomic E-state index is -2.76. The summed E-state index contributed by atoms with van der Waals surface area (Å²) in [6.07, 6.45) is -1.76. The van der Waals surface area contributed by atoms with E-state index in [4.69, 9.17) is 5.11 Å². The molecule has 2 nitrogen and oxygen atoms in total. The fourth-order valence-electron chi connectivity index (χ4n) is 1.84. The molecule has 0 fully saturated rings. The van der Waals surface area contributed by atoms with E-state index in [0.717, 1.165) is 24.8 Å². The average molecular weight is 275 g/mol. The number of aliphatic hydroxyl groups is 1. The van der Waals surface area contributed by atoms with Gasteiger partial charge in [0.2, 0.25) is 0 Å². The maximum Gasteiger partial charge on any atom is 0.265 e. The van der Waals surface area contributed by atoms with Gasteiger partial charge < -0.3 is 10.4 Å². The number of hydrogen-bond donors (Lipinski definition) is 2. The molecule has 1 aromatic rings. The minimum Gasteiger partial charge on any atom is -0.386 e. The third-order valence-electron chi connectivity index (χ3n) is 2.98. The number of nitrogens with one attached hydrogen (secondary N) is 1. The Morgan fingerprint density at radius 1 is 1.21 bits per heavy atom. The number of alkyl halides is 2. The highest BCUT2D eigenvalue weighted by molar-refractivity contribution is 5.19. The monoisotopic (exact) mass is 275 g/mol. The Labute approximate surface area is 111 Å². The zero-order valence-corrected chi connectivity index (χ0v) is 11.0. The summed E-state index contributed by atoms with van der Waals surface area (Å²) in [6, 6.07) is 5.82. The second-order valence-corrected chi connectivity index (χ2v) is 4.56. The van der Waals surface area contributed by atoms with Gasteiger partial charge in [0.15, 0.2) is 0 Å². The molecule has 108 valence electrons. The summed E-state index contributed by atoms with van der Waals surface area (Å²) in [5.41, 5.74) is 0.844. The Bertz CT molecular complexity index is 356. The first-order valence-corrected chi connectivity index (χ1v) is 6.49. The van der Waals surface area contributed by atoms with E-state index in [0.29, 0.717) is 0 Å². The third-order valence-corrected chi connectivity index (χ3v) is 2.98. The van der Waals surface area contributed by atoms with Gasteiger partial charge in [-0.3, -0.25) is 0 Å². The van der Waals surface area contributed by atoms with Crippen LogP contribution in [0.4, 0.5) is 13.2 Å². The maximum atomic E-state index is 12.9. The number of benzene rings is 1. The maximum absolute atomic E-state index is 12.9. The Balaban J connectivity index is 2.63. The van der Waals surface area contributed by atoms with Gasteiger partial charge >= 0.3 is 0 Å². The smallest absolute Gasteiger partial charge is 0.265 e. The minimum absolute atomic E-state index is 0.144. The van der Waals surface area contributed by atoms with Crippen LogP contribution in [0, 0.1) is 5.82 Å². The number of hydrogen-bond acceptors (Lipinski definition) is 2. The van der Waals surface area contributed by atoms with Crippen LogP contribution in [0.2, 0.25) is 0 Å². The lowest BCUT2D eigenvalue weighted by Gasteiger charge is -2.21. The molecule has 1 aromatic carbocycles. The highest BCUT2D eigenvalue weighted by Crippen LogP contribution is 2.20. The molecule has 0 saturated carbocycles. The number of unbranched alkanes of at least 4 members (excludes halogenated alkanes) is 1. The van der Waals surface area contributed by atoms with Gasteiger partial charge in [0.05, 0.1) is 0 Å². The molecule has 19 heavy (non-hydrogen) atoms. The van der Waals surface area contributed by atoms with Gasteiger partial charge in [0.25, 0.3) is 6.43 Å². The normalized spacial score (nSPS) is 14.6. The van der Waals surface area contributed by atoms with E-state index in [1.807, 2.05) is 6.92 Å². The molecule has 2 atom stereocenters. The molecule has 0 spiro atoms. The molecule has 0 aromatic heterocycles. The predicted molar refractivity (Wildman–Crippen MR) is 68.7 cm³/mol. The van der Waals surface area contributed by atoms with Gasteiger partial charge in [-0.1, -0.05) is 31.9 Å². The zero-order chi connectivity index (χ0) is 14.3. The molecule has 0 amide bonds. The van der Waals surface area contributed by atoms with Crippen molar-refractivity contribution in [2.24, 2.45) is 0 Å². The van der Waals surface area contributed by atoms with Crippen LogP contribution in [0.1, 0.15) is 37.8 Å². The summed E-state index contributed by atoms with van der Waals surface area (Å²) in [6.45, 7) is 1.86. The highest BCUT2D eigenvalue weighted by atomic mass is 19.3. The molecule has 0 radical (unpaired) electrons. The van der Waals surface area contributed by atoms with Crippen LogP contribution in [-0.2, 0) is 0 Å². The summed E-state index contributed by atoms with van der Waals surface area (Å²) in [5, 5.41) is 12.0.